The van der Waals surface area contributed by atoms with E-state index in [0.717, 1.165) is 25.7 Å². The number of cyclic esters (lactones) is 1. The van der Waals surface area contributed by atoms with Gasteiger partial charge in [-0.1, -0.05) is 24.4 Å². The highest BCUT2D eigenvalue weighted by Crippen LogP contribution is 2.27. The summed E-state index contributed by atoms with van der Waals surface area (Å²) in [5.74, 6) is -2.01. The van der Waals surface area contributed by atoms with Crippen LogP contribution in [0.2, 0.25) is 5.02 Å². The van der Waals surface area contributed by atoms with Gasteiger partial charge in [-0.15, -0.1) is 0 Å². The molecule has 11 nitrogen and oxygen atoms in total. The Kier molecular flexibility index (Phi) is 8.88. The number of carbonyl (C=O) groups is 5. The summed E-state index contributed by atoms with van der Waals surface area (Å²) in [7, 11) is 0. The second-order valence-electron chi connectivity index (χ2n) is 9.98. The van der Waals surface area contributed by atoms with Gasteiger partial charge in [-0.2, -0.15) is 0 Å². The molecule has 206 valence electrons. The first-order chi connectivity index (χ1) is 18.1. The number of amides is 4. The van der Waals surface area contributed by atoms with Crippen LogP contribution in [0.3, 0.4) is 0 Å². The van der Waals surface area contributed by atoms with Crippen molar-refractivity contribution in [1.82, 2.24) is 15.5 Å². The zero-order valence-corrected chi connectivity index (χ0v) is 22.2. The second kappa shape index (κ2) is 12.1. The average Bonchev–Trinajstić information content (AvgIpc) is 3.62. The lowest BCUT2D eigenvalue weighted by Gasteiger charge is -2.29. The molecule has 1 aromatic rings. The normalized spacial score (nSPS) is 24.1. The zero-order valence-electron chi connectivity index (χ0n) is 21.5. The number of benzene rings is 1. The van der Waals surface area contributed by atoms with Crippen molar-refractivity contribution in [1.29, 1.82) is 0 Å². The van der Waals surface area contributed by atoms with E-state index in [9.17, 15) is 24.0 Å². The predicted molar refractivity (Wildman–Crippen MR) is 137 cm³/mol. The van der Waals surface area contributed by atoms with E-state index in [1.807, 2.05) is 0 Å². The van der Waals surface area contributed by atoms with E-state index in [1.54, 1.807) is 6.92 Å². The Morgan fingerprint density at radius 2 is 1.87 bits per heavy atom. The summed E-state index contributed by atoms with van der Waals surface area (Å²) in [5, 5.41) is 8.26. The fraction of sp³-hybridized carbons (Fsp3) is 0.577. The minimum Gasteiger partial charge on any atom is -0.433 e. The summed E-state index contributed by atoms with van der Waals surface area (Å²) >= 11 is 6.16. The minimum atomic E-state index is -0.903. The lowest BCUT2D eigenvalue weighted by atomic mass is 10.1. The van der Waals surface area contributed by atoms with Crippen molar-refractivity contribution in [2.45, 2.75) is 89.3 Å². The van der Waals surface area contributed by atoms with Crippen LogP contribution in [0.25, 0.3) is 0 Å². The standard InChI is InChI=1S/C26H33ClN4O7/c1-14(28-23(34)16-9-10-19(18(27)12-16)29-15(2)32)25(36)31-11-5-8-21(31)24(35)30-20-13-22(33)38-26(20)37-17-6-3-4-7-17/h9-10,12,14,17,20-21,26H,3-8,11,13H2,1-2H3,(H,28,34)(H,29,32)(H,30,35)/t14-,20?,21-,26?/m0/s1. The number of ether oxygens (including phenoxy) is 2. The lowest BCUT2D eigenvalue weighted by molar-refractivity contribution is -0.176. The molecule has 4 amide bonds. The van der Waals surface area contributed by atoms with E-state index in [1.165, 1.54) is 30.0 Å². The maximum Gasteiger partial charge on any atom is 0.310 e. The highest BCUT2D eigenvalue weighted by Gasteiger charge is 2.42. The van der Waals surface area contributed by atoms with Crippen molar-refractivity contribution in [3.63, 3.8) is 0 Å². The van der Waals surface area contributed by atoms with Crippen LogP contribution >= 0.6 is 11.6 Å². The molecule has 4 rings (SSSR count). The van der Waals surface area contributed by atoms with Crippen molar-refractivity contribution in [3.05, 3.63) is 28.8 Å². The number of rotatable bonds is 8. The summed E-state index contributed by atoms with van der Waals surface area (Å²) in [4.78, 5) is 63.7. The summed E-state index contributed by atoms with van der Waals surface area (Å²) in [6.07, 6.45) is 4.21. The van der Waals surface area contributed by atoms with Gasteiger partial charge in [0.1, 0.15) is 18.1 Å². The largest absolute Gasteiger partial charge is 0.433 e. The smallest absolute Gasteiger partial charge is 0.310 e. The molecule has 0 aromatic heterocycles. The molecule has 12 heteroatoms. The Balaban J connectivity index is 1.34. The molecule has 0 radical (unpaired) electrons. The molecule has 3 fully saturated rings. The highest BCUT2D eigenvalue weighted by molar-refractivity contribution is 6.34. The molecule has 0 spiro atoms. The highest BCUT2D eigenvalue weighted by atomic mass is 35.5. The van der Waals surface area contributed by atoms with Crippen LogP contribution in [-0.2, 0) is 28.7 Å². The summed E-state index contributed by atoms with van der Waals surface area (Å²) in [6.45, 7) is 3.27. The predicted octanol–water partition coefficient (Wildman–Crippen LogP) is 2.12. The van der Waals surface area contributed by atoms with Crippen LogP contribution in [0.15, 0.2) is 18.2 Å². The molecule has 38 heavy (non-hydrogen) atoms. The zero-order chi connectivity index (χ0) is 27.4. The molecule has 3 N–H and O–H groups in total. The number of hydrogen-bond acceptors (Lipinski definition) is 7. The van der Waals surface area contributed by atoms with E-state index >= 15 is 0 Å². The number of hydrogen-bond donors (Lipinski definition) is 3. The molecular weight excluding hydrogens is 516 g/mol. The summed E-state index contributed by atoms with van der Waals surface area (Å²) in [6, 6.07) is 2.16. The number of esters is 1. The Bertz CT molecular complexity index is 1110. The third kappa shape index (κ3) is 6.63. The van der Waals surface area contributed by atoms with Crippen molar-refractivity contribution in [2.75, 3.05) is 11.9 Å². The minimum absolute atomic E-state index is 0.0100. The Labute approximate surface area is 225 Å². The van der Waals surface area contributed by atoms with Gasteiger partial charge in [0.25, 0.3) is 5.91 Å². The number of nitrogens with one attached hydrogen (secondary N) is 3. The van der Waals surface area contributed by atoms with Gasteiger partial charge in [-0.25, -0.2) is 0 Å². The molecule has 4 atom stereocenters. The molecule has 1 saturated carbocycles. The van der Waals surface area contributed by atoms with Gasteiger partial charge in [0.05, 0.1) is 23.2 Å². The van der Waals surface area contributed by atoms with E-state index in [2.05, 4.69) is 16.0 Å². The van der Waals surface area contributed by atoms with Crippen molar-refractivity contribution in [3.8, 4) is 0 Å². The maximum atomic E-state index is 13.2. The number of likely N-dealkylation sites (tertiary alicyclic amines) is 1. The van der Waals surface area contributed by atoms with Gasteiger partial charge in [-0.05, 0) is 50.8 Å². The Hall–Kier alpha value is -3.18. The molecular formula is C26H33ClN4O7. The molecule has 2 aliphatic heterocycles. The Morgan fingerprint density at radius 1 is 1.13 bits per heavy atom. The third-order valence-corrected chi connectivity index (χ3v) is 7.33. The van der Waals surface area contributed by atoms with Crippen molar-refractivity contribution in [2.24, 2.45) is 0 Å². The molecule has 1 aromatic carbocycles. The fourth-order valence-electron chi connectivity index (χ4n) is 5.11. The van der Waals surface area contributed by atoms with E-state index < -0.39 is 42.2 Å². The van der Waals surface area contributed by atoms with Gasteiger partial charge in [0.2, 0.25) is 24.0 Å². The molecule has 0 bridgehead atoms. The lowest BCUT2D eigenvalue weighted by Crippen LogP contribution is -2.54. The first-order valence-electron chi connectivity index (χ1n) is 13.0. The van der Waals surface area contributed by atoms with E-state index in [-0.39, 0.29) is 34.9 Å². The fourth-order valence-corrected chi connectivity index (χ4v) is 5.34. The van der Waals surface area contributed by atoms with Gasteiger partial charge in [0.15, 0.2) is 0 Å². The molecule has 1 aliphatic carbocycles. The second-order valence-corrected chi connectivity index (χ2v) is 10.4. The summed E-state index contributed by atoms with van der Waals surface area (Å²) in [5.41, 5.74) is 0.592. The average molecular weight is 549 g/mol. The SMILES string of the molecule is CC(=O)Nc1ccc(C(=O)N[C@@H](C)C(=O)N2CCC[C@H]2C(=O)NC2CC(=O)OC2OC2CCCC2)cc1Cl. The quantitative estimate of drug-likeness (QED) is 0.422. The molecule has 2 saturated heterocycles. The van der Waals surface area contributed by atoms with Crippen molar-refractivity contribution >= 4 is 46.9 Å². The maximum absolute atomic E-state index is 13.2. The van der Waals surface area contributed by atoms with Crippen LogP contribution in [0.4, 0.5) is 5.69 Å². The van der Waals surface area contributed by atoms with Crippen LogP contribution in [-0.4, -0.2) is 71.6 Å². The monoisotopic (exact) mass is 548 g/mol. The number of nitrogens with zero attached hydrogens (tertiary/aromatic N) is 1. The molecule has 3 aliphatic rings. The van der Waals surface area contributed by atoms with Gasteiger partial charge in [-0.3, -0.25) is 24.0 Å². The summed E-state index contributed by atoms with van der Waals surface area (Å²) < 4.78 is 11.2. The first kappa shape index (κ1) is 27.8. The van der Waals surface area contributed by atoms with Crippen molar-refractivity contribution < 1.29 is 33.4 Å². The van der Waals surface area contributed by atoms with E-state index in [0.29, 0.717) is 25.1 Å². The topological polar surface area (TPSA) is 143 Å². The van der Waals surface area contributed by atoms with E-state index in [4.69, 9.17) is 21.1 Å². The third-order valence-electron chi connectivity index (χ3n) is 7.02. The van der Waals surface area contributed by atoms with Crippen LogP contribution < -0.4 is 16.0 Å². The molecule has 2 heterocycles. The molecule has 2 unspecified atom stereocenters. The number of carbonyl (C=O) groups excluding carboxylic acids is 5. The first-order valence-corrected chi connectivity index (χ1v) is 13.3. The Morgan fingerprint density at radius 3 is 2.55 bits per heavy atom. The number of halogens is 1. The van der Waals surface area contributed by atoms with Crippen LogP contribution in [0.1, 0.15) is 69.2 Å². The van der Waals surface area contributed by atoms with Crippen LogP contribution in [0.5, 0.6) is 0 Å². The van der Waals surface area contributed by atoms with Gasteiger partial charge in [0, 0.05) is 19.0 Å². The number of anilines is 1. The van der Waals surface area contributed by atoms with Gasteiger partial charge < -0.3 is 30.3 Å². The van der Waals surface area contributed by atoms with Gasteiger partial charge >= 0.3 is 5.97 Å². The van der Waals surface area contributed by atoms with Crippen LogP contribution in [0, 0.1) is 0 Å².